The zero-order chi connectivity index (χ0) is 11.8. The Bertz CT molecular complexity index is 338. The van der Waals surface area contributed by atoms with Crippen molar-refractivity contribution in [2.24, 2.45) is 0 Å². The van der Waals surface area contributed by atoms with Crippen LogP contribution in [0.2, 0.25) is 0 Å². The molecule has 0 radical (unpaired) electrons. The summed E-state index contributed by atoms with van der Waals surface area (Å²) in [5.74, 6) is 0.701. The second-order valence-electron chi connectivity index (χ2n) is 3.62. The highest BCUT2D eigenvalue weighted by molar-refractivity contribution is 5.52. The lowest BCUT2D eigenvalue weighted by Crippen LogP contribution is -2.10. The third kappa shape index (κ3) is 4.42. The molecule has 1 aromatic rings. The summed E-state index contributed by atoms with van der Waals surface area (Å²) in [6, 6.07) is 3.66. The lowest BCUT2D eigenvalue weighted by atomic mass is 10.3. The fourth-order valence-corrected chi connectivity index (χ4v) is 1.18. The lowest BCUT2D eigenvalue weighted by Gasteiger charge is -2.07. The van der Waals surface area contributed by atoms with E-state index in [1.165, 1.54) is 0 Å². The topological polar surface area (TPSA) is 45.6 Å². The molecule has 0 aliphatic heterocycles. The maximum absolute atomic E-state index is 8.70. The molecule has 0 atom stereocenters. The van der Waals surface area contributed by atoms with Crippen LogP contribution in [0, 0.1) is 0 Å². The van der Waals surface area contributed by atoms with Crippen LogP contribution >= 0.6 is 0 Å². The minimum absolute atomic E-state index is 0.00967. The molecule has 16 heavy (non-hydrogen) atoms. The quantitative estimate of drug-likeness (QED) is 0.781. The van der Waals surface area contributed by atoms with E-state index in [2.05, 4.69) is 9.88 Å². The Balaban J connectivity index is 2.66. The van der Waals surface area contributed by atoms with E-state index >= 15 is 0 Å². The summed E-state index contributed by atoms with van der Waals surface area (Å²) in [5, 5.41) is 8.70. The van der Waals surface area contributed by atoms with Gasteiger partial charge in [-0.25, -0.2) is 0 Å². The molecule has 1 aromatic heterocycles. The number of ether oxygens (including phenoxy) is 1. The Morgan fingerprint density at radius 1 is 1.50 bits per heavy atom. The summed E-state index contributed by atoms with van der Waals surface area (Å²) in [6.45, 7) is 1.16. The predicted octanol–water partition coefficient (Wildman–Crippen LogP) is 1.03. The van der Waals surface area contributed by atoms with Gasteiger partial charge in [-0.05, 0) is 32.3 Å². The van der Waals surface area contributed by atoms with E-state index in [0.717, 1.165) is 12.2 Å². The van der Waals surface area contributed by atoms with Gasteiger partial charge in [0.05, 0.1) is 6.61 Å². The Morgan fingerprint density at radius 3 is 3.00 bits per heavy atom. The van der Waals surface area contributed by atoms with Gasteiger partial charge in [0, 0.05) is 12.7 Å². The van der Waals surface area contributed by atoms with Crippen molar-refractivity contribution in [2.45, 2.75) is 0 Å². The maximum Gasteiger partial charge on any atom is 0.145 e. The van der Waals surface area contributed by atoms with Crippen LogP contribution in [0.25, 0.3) is 6.08 Å². The first kappa shape index (κ1) is 12.7. The van der Waals surface area contributed by atoms with Gasteiger partial charge in [-0.1, -0.05) is 6.08 Å². The third-order valence-corrected chi connectivity index (χ3v) is 1.89. The van der Waals surface area contributed by atoms with Gasteiger partial charge < -0.3 is 14.7 Å². The van der Waals surface area contributed by atoms with Crippen LogP contribution in [0.1, 0.15) is 5.69 Å². The van der Waals surface area contributed by atoms with Crippen molar-refractivity contribution < 1.29 is 9.84 Å². The van der Waals surface area contributed by atoms with E-state index < -0.39 is 0 Å². The molecule has 0 saturated carbocycles. The highest BCUT2D eigenvalue weighted by Gasteiger charge is 2.00. The van der Waals surface area contributed by atoms with Crippen LogP contribution in [-0.4, -0.2) is 48.8 Å². The molecule has 1 N–H and O–H groups in total. The molecule has 0 spiro atoms. The minimum Gasteiger partial charge on any atom is -0.489 e. The third-order valence-electron chi connectivity index (χ3n) is 1.89. The minimum atomic E-state index is 0.00967. The molecule has 4 heteroatoms. The van der Waals surface area contributed by atoms with Crippen molar-refractivity contribution in [3.05, 3.63) is 30.1 Å². The molecule has 88 valence electrons. The number of likely N-dealkylation sites (N-methyl/N-ethyl adjacent to an activating group) is 1. The second kappa shape index (κ2) is 6.98. The predicted molar refractivity (Wildman–Crippen MR) is 64.4 cm³/mol. The number of nitrogens with zero attached hydrogens (tertiary/aromatic N) is 2. The SMILES string of the molecule is CN(C)C/C=C/c1ncccc1OCCO. The lowest BCUT2D eigenvalue weighted by molar-refractivity contribution is 0.200. The molecule has 0 unspecified atom stereocenters. The van der Waals surface area contributed by atoms with Crippen LogP contribution in [0.4, 0.5) is 0 Å². The van der Waals surface area contributed by atoms with Gasteiger partial charge in [0.15, 0.2) is 0 Å². The maximum atomic E-state index is 8.70. The van der Waals surface area contributed by atoms with Gasteiger partial charge in [-0.3, -0.25) is 4.98 Å². The largest absolute Gasteiger partial charge is 0.489 e. The molecule has 0 amide bonds. The summed E-state index contributed by atoms with van der Waals surface area (Å²) >= 11 is 0. The van der Waals surface area contributed by atoms with E-state index in [9.17, 15) is 0 Å². The highest BCUT2D eigenvalue weighted by Crippen LogP contribution is 2.16. The number of hydrogen-bond acceptors (Lipinski definition) is 4. The number of aromatic nitrogens is 1. The molecular formula is C12H18N2O2. The molecule has 0 fully saturated rings. The van der Waals surface area contributed by atoms with Gasteiger partial charge in [0.25, 0.3) is 0 Å². The summed E-state index contributed by atoms with van der Waals surface area (Å²) in [4.78, 5) is 6.28. The van der Waals surface area contributed by atoms with Crippen molar-refractivity contribution in [1.82, 2.24) is 9.88 Å². The molecule has 4 nitrogen and oxygen atoms in total. The molecule has 1 rings (SSSR count). The van der Waals surface area contributed by atoms with E-state index in [4.69, 9.17) is 9.84 Å². The van der Waals surface area contributed by atoms with E-state index in [1.54, 1.807) is 6.20 Å². The molecule has 0 aromatic carbocycles. The first-order valence-electron chi connectivity index (χ1n) is 5.24. The Labute approximate surface area is 96.2 Å². The van der Waals surface area contributed by atoms with Gasteiger partial charge >= 0.3 is 0 Å². The van der Waals surface area contributed by atoms with Crippen LogP contribution < -0.4 is 4.74 Å². The summed E-state index contributed by atoms with van der Waals surface area (Å²) in [6.07, 6.45) is 5.67. The zero-order valence-electron chi connectivity index (χ0n) is 9.76. The summed E-state index contributed by atoms with van der Waals surface area (Å²) in [7, 11) is 4.01. The van der Waals surface area contributed by atoms with Crippen LogP contribution in [0.3, 0.4) is 0 Å². The zero-order valence-corrected chi connectivity index (χ0v) is 9.76. The first-order chi connectivity index (χ1) is 7.74. The summed E-state index contributed by atoms with van der Waals surface area (Å²) < 4.78 is 5.37. The van der Waals surface area contributed by atoms with Gasteiger partial charge in [0.1, 0.15) is 18.1 Å². The normalized spacial score (nSPS) is 11.2. The molecule has 1 heterocycles. The number of hydrogen-bond donors (Lipinski definition) is 1. The van der Waals surface area contributed by atoms with Crippen LogP contribution in [0.15, 0.2) is 24.4 Å². The fourth-order valence-electron chi connectivity index (χ4n) is 1.18. The smallest absolute Gasteiger partial charge is 0.145 e. The van der Waals surface area contributed by atoms with Crippen molar-refractivity contribution >= 4 is 6.08 Å². The molecular weight excluding hydrogens is 204 g/mol. The monoisotopic (exact) mass is 222 g/mol. The van der Waals surface area contributed by atoms with Crippen molar-refractivity contribution in [2.75, 3.05) is 33.9 Å². The first-order valence-corrected chi connectivity index (χ1v) is 5.24. The fraction of sp³-hybridized carbons (Fsp3) is 0.417. The molecule has 0 aliphatic carbocycles. The molecule has 0 saturated heterocycles. The number of aliphatic hydroxyl groups excluding tert-OH is 1. The summed E-state index contributed by atoms with van der Waals surface area (Å²) in [5.41, 5.74) is 0.790. The molecule has 0 bridgehead atoms. The Morgan fingerprint density at radius 2 is 2.31 bits per heavy atom. The Kier molecular flexibility index (Phi) is 5.53. The van der Waals surface area contributed by atoms with E-state index in [-0.39, 0.29) is 6.61 Å². The Hall–Kier alpha value is -1.39. The second-order valence-corrected chi connectivity index (χ2v) is 3.62. The average Bonchev–Trinajstić information content (AvgIpc) is 2.27. The van der Waals surface area contributed by atoms with Crippen LogP contribution in [-0.2, 0) is 0 Å². The van der Waals surface area contributed by atoms with E-state index in [1.807, 2.05) is 38.4 Å². The molecule has 0 aliphatic rings. The van der Waals surface area contributed by atoms with Gasteiger partial charge in [-0.2, -0.15) is 0 Å². The van der Waals surface area contributed by atoms with E-state index in [0.29, 0.717) is 12.4 Å². The average molecular weight is 222 g/mol. The number of aliphatic hydroxyl groups is 1. The van der Waals surface area contributed by atoms with Crippen molar-refractivity contribution in [3.8, 4) is 5.75 Å². The number of pyridine rings is 1. The van der Waals surface area contributed by atoms with Gasteiger partial charge in [-0.15, -0.1) is 0 Å². The van der Waals surface area contributed by atoms with Gasteiger partial charge in [0.2, 0.25) is 0 Å². The highest BCUT2D eigenvalue weighted by atomic mass is 16.5. The standard InChI is InChI=1S/C12H18N2O2/c1-14(2)8-4-5-11-12(16-10-9-15)6-3-7-13-11/h3-7,15H,8-10H2,1-2H3/b5-4+. The van der Waals surface area contributed by atoms with Crippen molar-refractivity contribution in [3.63, 3.8) is 0 Å². The van der Waals surface area contributed by atoms with Crippen LogP contribution in [0.5, 0.6) is 5.75 Å². The van der Waals surface area contributed by atoms with Crippen molar-refractivity contribution in [1.29, 1.82) is 0 Å². The number of rotatable bonds is 6.